The average Bonchev–Trinajstić information content (AvgIpc) is 2.54. The van der Waals surface area contributed by atoms with Crippen molar-refractivity contribution < 1.29 is 9.90 Å². The summed E-state index contributed by atoms with van der Waals surface area (Å²) in [6.07, 6.45) is 0.368. The number of nitrogens with one attached hydrogen (secondary N) is 1. The van der Waals surface area contributed by atoms with Crippen molar-refractivity contribution in [2.24, 2.45) is 5.92 Å². The van der Waals surface area contributed by atoms with Crippen molar-refractivity contribution in [2.75, 3.05) is 39.8 Å². The molecule has 0 aromatic heterocycles. The highest BCUT2D eigenvalue weighted by Crippen LogP contribution is 2.11. The molecule has 134 valence electrons. The second-order valence-electron chi connectivity index (χ2n) is 7.18. The van der Waals surface area contributed by atoms with E-state index in [1.807, 2.05) is 25.1 Å². The Hall–Kier alpha value is -1.43. The monoisotopic (exact) mass is 333 g/mol. The van der Waals surface area contributed by atoms with E-state index < -0.39 is 0 Å². The smallest absolute Gasteiger partial charge is 0.251 e. The van der Waals surface area contributed by atoms with Gasteiger partial charge >= 0.3 is 0 Å². The fourth-order valence-electron chi connectivity index (χ4n) is 3.11. The van der Waals surface area contributed by atoms with Gasteiger partial charge in [-0.1, -0.05) is 19.1 Å². The van der Waals surface area contributed by atoms with E-state index in [4.69, 9.17) is 0 Å². The molecular weight excluding hydrogens is 302 g/mol. The lowest BCUT2D eigenvalue weighted by molar-refractivity contribution is 0.0939. The number of nitrogens with zero attached hydrogens (tertiary/aromatic N) is 2. The fraction of sp³-hybridized carbons (Fsp3) is 0.632. The molecule has 0 spiro atoms. The lowest BCUT2D eigenvalue weighted by atomic mass is 10.0. The van der Waals surface area contributed by atoms with E-state index in [1.165, 1.54) is 5.56 Å². The first-order valence-electron chi connectivity index (χ1n) is 8.90. The van der Waals surface area contributed by atoms with Crippen LogP contribution < -0.4 is 5.32 Å². The van der Waals surface area contributed by atoms with Gasteiger partial charge in [-0.3, -0.25) is 9.69 Å². The average molecular weight is 333 g/mol. The van der Waals surface area contributed by atoms with Crippen LogP contribution >= 0.6 is 0 Å². The topological polar surface area (TPSA) is 55.8 Å². The summed E-state index contributed by atoms with van der Waals surface area (Å²) >= 11 is 0. The van der Waals surface area contributed by atoms with Gasteiger partial charge < -0.3 is 15.3 Å². The summed E-state index contributed by atoms with van der Waals surface area (Å²) in [5.74, 6) is 0.232. The van der Waals surface area contributed by atoms with Gasteiger partial charge in [0, 0.05) is 44.8 Å². The number of hydrogen-bond acceptors (Lipinski definition) is 4. The van der Waals surface area contributed by atoms with E-state index in [-0.39, 0.29) is 17.9 Å². The van der Waals surface area contributed by atoms with Crippen LogP contribution in [0.3, 0.4) is 0 Å². The number of piperazine rings is 1. The molecule has 1 aliphatic heterocycles. The molecule has 2 N–H and O–H groups in total. The molecule has 1 aromatic carbocycles. The molecule has 5 nitrogen and oxygen atoms in total. The predicted molar refractivity (Wildman–Crippen MR) is 97.0 cm³/mol. The van der Waals surface area contributed by atoms with Crippen molar-refractivity contribution >= 4 is 5.91 Å². The summed E-state index contributed by atoms with van der Waals surface area (Å²) in [6, 6.07) is 7.90. The SMILES string of the molecule is CC(O)CC(C)CNC(=O)c1cccc(CN2CCN(C)CC2)c1. The Bertz CT molecular complexity index is 525. The third kappa shape index (κ3) is 6.23. The van der Waals surface area contributed by atoms with E-state index in [0.29, 0.717) is 18.5 Å². The van der Waals surface area contributed by atoms with Crippen LogP contribution in [0.4, 0.5) is 0 Å². The van der Waals surface area contributed by atoms with Gasteiger partial charge in [-0.05, 0) is 44.0 Å². The Kier molecular flexibility index (Phi) is 7.21. The third-order valence-corrected chi connectivity index (χ3v) is 4.55. The Labute approximate surface area is 145 Å². The molecule has 1 aromatic rings. The van der Waals surface area contributed by atoms with Crippen molar-refractivity contribution in [3.05, 3.63) is 35.4 Å². The normalized spacial score (nSPS) is 19.0. The first kappa shape index (κ1) is 18.9. The summed E-state index contributed by atoms with van der Waals surface area (Å²) in [5.41, 5.74) is 1.90. The molecular formula is C19H31N3O2. The van der Waals surface area contributed by atoms with Gasteiger partial charge in [-0.2, -0.15) is 0 Å². The van der Waals surface area contributed by atoms with E-state index in [1.54, 1.807) is 6.92 Å². The van der Waals surface area contributed by atoms with Crippen LogP contribution in [-0.4, -0.2) is 66.7 Å². The van der Waals surface area contributed by atoms with Gasteiger partial charge in [0.15, 0.2) is 0 Å². The molecule has 0 radical (unpaired) electrons. The molecule has 2 unspecified atom stereocenters. The van der Waals surface area contributed by atoms with Crippen molar-refractivity contribution in [3.63, 3.8) is 0 Å². The molecule has 1 aliphatic rings. The van der Waals surface area contributed by atoms with Crippen LogP contribution in [0, 0.1) is 5.92 Å². The number of rotatable bonds is 7. The summed E-state index contributed by atoms with van der Waals surface area (Å²) in [6.45, 7) is 9.65. The molecule has 1 saturated heterocycles. The predicted octanol–water partition coefficient (Wildman–Crippen LogP) is 1.57. The molecule has 0 aliphatic carbocycles. The molecule has 2 rings (SSSR count). The second kappa shape index (κ2) is 9.16. The quantitative estimate of drug-likeness (QED) is 0.795. The van der Waals surface area contributed by atoms with E-state index >= 15 is 0 Å². The van der Waals surface area contributed by atoms with E-state index in [9.17, 15) is 9.90 Å². The standard InChI is InChI=1S/C19H31N3O2/c1-15(11-16(2)23)13-20-19(24)18-6-4-5-17(12-18)14-22-9-7-21(3)8-10-22/h4-6,12,15-16,23H,7-11,13-14H2,1-3H3,(H,20,24). The van der Waals surface area contributed by atoms with Crippen molar-refractivity contribution in [2.45, 2.75) is 32.9 Å². The van der Waals surface area contributed by atoms with Gasteiger partial charge in [0.25, 0.3) is 5.91 Å². The van der Waals surface area contributed by atoms with Crippen LogP contribution in [0.2, 0.25) is 0 Å². The number of amides is 1. The molecule has 24 heavy (non-hydrogen) atoms. The molecule has 1 heterocycles. The van der Waals surface area contributed by atoms with Crippen molar-refractivity contribution in [1.29, 1.82) is 0 Å². The summed E-state index contributed by atoms with van der Waals surface area (Å²) in [7, 11) is 2.15. The largest absolute Gasteiger partial charge is 0.393 e. The van der Waals surface area contributed by atoms with Gasteiger partial charge in [0.2, 0.25) is 0 Å². The van der Waals surface area contributed by atoms with Crippen LogP contribution in [-0.2, 0) is 6.54 Å². The Balaban J connectivity index is 1.86. The van der Waals surface area contributed by atoms with Crippen molar-refractivity contribution in [1.82, 2.24) is 15.1 Å². The van der Waals surface area contributed by atoms with Crippen LogP contribution in [0.5, 0.6) is 0 Å². The maximum atomic E-state index is 12.3. The number of carbonyl (C=O) groups is 1. The number of aliphatic hydroxyl groups is 1. The number of aliphatic hydroxyl groups excluding tert-OH is 1. The highest BCUT2D eigenvalue weighted by Gasteiger charge is 2.15. The minimum absolute atomic E-state index is 0.0346. The second-order valence-corrected chi connectivity index (χ2v) is 7.18. The zero-order chi connectivity index (χ0) is 17.5. The Morgan fingerprint density at radius 2 is 1.96 bits per heavy atom. The number of benzene rings is 1. The van der Waals surface area contributed by atoms with E-state index in [2.05, 4.69) is 28.2 Å². The van der Waals surface area contributed by atoms with Gasteiger partial charge in [0.05, 0.1) is 6.10 Å². The highest BCUT2D eigenvalue weighted by molar-refractivity contribution is 5.94. The number of hydrogen-bond donors (Lipinski definition) is 2. The third-order valence-electron chi connectivity index (χ3n) is 4.55. The summed E-state index contributed by atoms with van der Waals surface area (Å²) in [5, 5.41) is 12.4. The Morgan fingerprint density at radius 3 is 2.62 bits per heavy atom. The zero-order valence-corrected chi connectivity index (χ0v) is 15.2. The first-order chi connectivity index (χ1) is 11.4. The number of carbonyl (C=O) groups excluding carboxylic acids is 1. The first-order valence-corrected chi connectivity index (χ1v) is 8.90. The molecule has 2 atom stereocenters. The maximum absolute atomic E-state index is 12.3. The molecule has 1 fully saturated rings. The summed E-state index contributed by atoms with van der Waals surface area (Å²) in [4.78, 5) is 17.1. The minimum Gasteiger partial charge on any atom is -0.393 e. The van der Waals surface area contributed by atoms with Gasteiger partial charge in [-0.25, -0.2) is 0 Å². The molecule has 0 bridgehead atoms. The van der Waals surface area contributed by atoms with Crippen molar-refractivity contribution in [3.8, 4) is 0 Å². The van der Waals surface area contributed by atoms with Crippen LogP contribution in [0.25, 0.3) is 0 Å². The fourth-order valence-corrected chi connectivity index (χ4v) is 3.11. The maximum Gasteiger partial charge on any atom is 0.251 e. The zero-order valence-electron chi connectivity index (χ0n) is 15.2. The Morgan fingerprint density at radius 1 is 1.25 bits per heavy atom. The highest BCUT2D eigenvalue weighted by atomic mass is 16.3. The van der Waals surface area contributed by atoms with Gasteiger partial charge in [-0.15, -0.1) is 0 Å². The molecule has 1 amide bonds. The lowest BCUT2D eigenvalue weighted by Crippen LogP contribution is -2.43. The van der Waals surface area contributed by atoms with Gasteiger partial charge in [0.1, 0.15) is 0 Å². The van der Waals surface area contributed by atoms with Crippen LogP contribution in [0.1, 0.15) is 36.2 Å². The lowest BCUT2D eigenvalue weighted by Gasteiger charge is -2.32. The number of likely N-dealkylation sites (N-methyl/N-ethyl adjacent to an activating group) is 1. The minimum atomic E-state index is -0.330. The summed E-state index contributed by atoms with van der Waals surface area (Å²) < 4.78 is 0. The van der Waals surface area contributed by atoms with Crippen LogP contribution in [0.15, 0.2) is 24.3 Å². The van der Waals surface area contributed by atoms with E-state index in [0.717, 1.165) is 32.7 Å². The molecule has 0 saturated carbocycles. The molecule has 5 heteroatoms.